The first-order valence-corrected chi connectivity index (χ1v) is 3.61. The van der Waals surface area contributed by atoms with E-state index in [-0.39, 0.29) is 24.0 Å². The van der Waals surface area contributed by atoms with Crippen LogP contribution in [-0.2, 0) is 4.74 Å². The number of ether oxygens (including phenoxy) is 1. The largest absolute Gasteiger partial charge is 0.389 e. The fraction of sp³-hybridized carbons (Fsp3) is 1.00. The molecular formula is C7H16ClNO2. The highest BCUT2D eigenvalue weighted by Gasteiger charge is 2.22. The molecule has 0 radical (unpaired) electrons. The first-order valence-electron chi connectivity index (χ1n) is 3.61. The molecule has 68 valence electrons. The van der Waals surface area contributed by atoms with E-state index in [2.05, 4.69) is 19.2 Å². The molecule has 0 bridgehead atoms. The molecule has 1 saturated heterocycles. The van der Waals surface area contributed by atoms with Gasteiger partial charge in [0.1, 0.15) is 0 Å². The molecule has 1 heterocycles. The molecule has 1 unspecified atom stereocenters. The number of nitrogens with one attached hydrogen (secondary N) is 1. The molecule has 0 aromatic rings. The Balaban J connectivity index is 0.000001000. The topological polar surface area (TPSA) is 41.5 Å². The quantitative estimate of drug-likeness (QED) is 0.560. The molecule has 0 spiro atoms. The van der Waals surface area contributed by atoms with Crippen molar-refractivity contribution in [3.05, 3.63) is 0 Å². The van der Waals surface area contributed by atoms with Crippen LogP contribution >= 0.6 is 12.4 Å². The van der Waals surface area contributed by atoms with Crippen molar-refractivity contribution in [2.45, 2.75) is 25.5 Å². The first kappa shape index (κ1) is 11.2. The lowest BCUT2D eigenvalue weighted by Crippen LogP contribution is -2.43. The fourth-order valence-electron chi connectivity index (χ4n) is 0.954. The summed E-state index contributed by atoms with van der Waals surface area (Å²) in [5.74, 6) is 0. The Labute approximate surface area is 73.5 Å². The summed E-state index contributed by atoms with van der Waals surface area (Å²) in [6.45, 7) is 5.88. The summed E-state index contributed by atoms with van der Waals surface area (Å²) in [7, 11) is 0. The molecule has 1 aliphatic rings. The fourth-order valence-corrected chi connectivity index (χ4v) is 0.954. The summed E-state index contributed by atoms with van der Waals surface area (Å²) in [6, 6.07) is 0. The van der Waals surface area contributed by atoms with Gasteiger partial charge in [-0.3, -0.25) is 0 Å². The Morgan fingerprint density at radius 2 is 2.18 bits per heavy atom. The van der Waals surface area contributed by atoms with Crippen LogP contribution in [0.2, 0.25) is 0 Å². The summed E-state index contributed by atoms with van der Waals surface area (Å²) in [6.07, 6.45) is -0.346. The van der Waals surface area contributed by atoms with Crippen LogP contribution in [0.1, 0.15) is 13.8 Å². The van der Waals surface area contributed by atoms with Crippen LogP contribution in [0.15, 0.2) is 0 Å². The summed E-state index contributed by atoms with van der Waals surface area (Å²) < 4.78 is 5.21. The van der Waals surface area contributed by atoms with Crippen LogP contribution < -0.4 is 5.32 Å². The van der Waals surface area contributed by atoms with Crippen molar-refractivity contribution < 1.29 is 9.84 Å². The zero-order chi connectivity index (χ0) is 7.61. The number of aliphatic hydroxyl groups excluding tert-OH is 1. The van der Waals surface area contributed by atoms with Crippen LogP contribution in [0, 0.1) is 0 Å². The second-order valence-corrected chi connectivity index (χ2v) is 3.43. The lowest BCUT2D eigenvalue weighted by molar-refractivity contribution is 0.0471. The number of hydrogen-bond donors (Lipinski definition) is 2. The zero-order valence-corrected chi connectivity index (χ0v) is 7.78. The van der Waals surface area contributed by atoms with Gasteiger partial charge in [-0.15, -0.1) is 12.4 Å². The predicted octanol–water partition coefficient (Wildman–Crippen LogP) is 0.168. The maximum atomic E-state index is 9.13. The summed E-state index contributed by atoms with van der Waals surface area (Å²) in [4.78, 5) is 0. The minimum Gasteiger partial charge on any atom is -0.389 e. The molecule has 0 aliphatic carbocycles. The Kier molecular flexibility index (Phi) is 4.32. The van der Waals surface area contributed by atoms with Crippen LogP contribution in [0.25, 0.3) is 0 Å². The Morgan fingerprint density at radius 1 is 1.55 bits per heavy atom. The summed E-state index contributed by atoms with van der Waals surface area (Å²) in [5, 5.41) is 12.3. The third kappa shape index (κ3) is 3.91. The van der Waals surface area contributed by atoms with Crippen molar-refractivity contribution in [3.8, 4) is 0 Å². The maximum Gasteiger partial charge on any atom is 0.0897 e. The summed E-state index contributed by atoms with van der Waals surface area (Å²) >= 11 is 0. The molecule has 4 heteroatoms. The second kappa shape index (κ2) is 4.26. The number of halogens is 1. The van der Waals surface area contributed by atoms with Gasteiger partial charge in [0, 0.05) is 12.1 Å². The van der Waals surface area contributed by atoms with Crippen LogP contribution in [0.5, 0.6) is 0 Å². The van der Waals surface area contributed by atoms with E-state index in [1.165, 1.54) is 0 Å². The van der Waals surface area contributed by atoms with Crippen LogP contribution in [0.3, 0.4) is 0 Å². The molecule has 1 rings (SSSR count). The molecule has 0 amide bonds. The van der Waals surface area contributed by atoms with Gasteiger partial charge in [0.2, 0.25) is 0 Å². The first-order chi connectivity index (χ1) is 4.60. The molecular weight excluding hydrogens is 166 g/mol. The second-order valence-electron chi connectivity index (χ2n) is 3.43. The smallest absolute Gasteiger partial charge is 0.0897 e. The Hall–Kier alpha value is 0.170. The van der Waals surface area contributed by atoms with E-state index in [0.717, 1.165) is 0 Å². The highest BCUT2D eigenvalue weighted by atomic mass is 35.5. The van der Waals surface area contributed by atoms with Crippen LogP contribution in [-0.4, -0.2) is 36.5 Å². The molecule has 0 aromatic carbocycles. The van der Waals surface area contributed by atoms with Gasteiger partial charge >= 0.3 is 0 Å². The SMILES string of the molecule is CC1(C)COCC(O)CN1.Cl. The van der Waals surface area contributed by atoms with Crippen molar-refractivity contribution >= 4 is 12.4 Å². The molecule has 1 fully saturated rings. The number of β-amino-alcohol motifs (C(OH)–C–C–N with tert-alkyl or cyclic N) is 1. The lowest BCUT2D eigenvalue weighted by Gasteiger charge is -2.22. The van der Waals surface area contributed by atoms with Crippen molar-refractivity contribution in [3.63, 3.8) is 0 Å². The van der Waals surface area contributed by atoms with Crippen molar-refractivity contribution in [1.82, 2.24) is 5.32 Å². The normalized spacial score (nSPS) is 30.3. The molecule has 0 aromatic heterocycles. The minimum atomic E-state index is -0.346. The van der Waals surface area contributed by atoms with E-state index < -0.39 is 0 Å². The van der Waals surface area contributed by atoms with Crippen molar-refractivity contribution in [2.24, 2.45) is 0 Å². The van der Waals surface area contributed by atoms with E-state index in [1.807, 2.05) is 0 Å². The molecule has 1 aliphatic heterocycles. The van der Waals surface area contributed by atoms with E-state index >= 15 is 0 Å². The monoisotopic (exact) mass is 181 g/mol. The van der Waals surface area contributed by atoms with Gasteiger partial charge in [-0.05, 0) is 13.8 Å². The van der Waals surface area contributed by atoms with Gasteiger partial charge in [-0.2, -0.15) is 0 Å². The van der Waals surface area contributed by atoms with Gasteiger partial charge in [-0.1, -0.05) is 0 Å². The average Bonchev–Trinajstić information content (AvgIpc) is 1.94. The third-order valence-corrected chi connectivity index (χ3v) is 1.59. The average molecular weight is 182 g/mol. The standard InChI is InChI=1S/C7H15NO2.ClH/c1-7(2)5-10-4-6(9)3-8-7;/h6,8-9H,3-5H2,1-2H3;1H. The van der Waals surface area contributed by atoms with E-state index in [4.69, 9.17) is 9.84 Å². The van der Waals surface area contributed by atoms with E-state index in [0.29, 0.717) is 19.8 Å². The van der Waals surface area contributed by atoms with Crippen molar-refractivity contribution in [2.75, 3.05) is 19.8 Å². The van der Waals surface area contributed by atoms with Gasteiger partial charge in [-0.25, -0.2) is 0 Å². The highest BCUT2D eigenvalue weighted by Crippen LogP contribution is 2.06. The lowest BCUT2D eigenvalue weighted by atomic mass is 10.1. The molecule has 11 heavy (non-hydrogen) atoms. The zero-order valence-electron chi connectivity index (χ0n) is 6.96. The number of rotatable bonds is 0. The van der Waals surface area contributed by atoms with Crippen molar-refractivity contribution in [1.29, 1.82) is 0 Å². The molecule has 0 saturated carbocycles. The Morgan fingerprint density at radius 3 is 2.82 bits per heavy atom. The van der Waals surface area contributed by atoms with Gasteiger partial charge in [0.05, 0.1) is 19.3 Å². The van der Waals surface area contributed by atoms with Gasteiger partial charge in [0.25, 0.3) is 0 Å². The predicted molar refractivity (Wildman–Crippen MR) is 46.2 cm³/mol. The number of hydrogen-bond acceptors (Lipinski definition) is 3. The molecule has 1 atom stereocenters. The molecule has 3 nitrogen and oxygen atoms in total. The maximum absolute atomic E-state index is 9.13. The Bertz CT molecular complexity index is 119. The molecule has 2 N–H and O–H groups in total. The summed E-state index contributed by atoms with van der Waals surface area (Å²) in [5.41, 5.74) is 0.0114. The minimum absolute atomic E-state index is 0. The third-order valence-electron chi connectivity index (χ3n) is 1.59. The van der Waals surface area contributed by atoms with Gasteiger partial charge < -0.3 is 15.2 Å². The van der Waals surface area contributed by atoms with E-state index in [1.54, 1.807) is 0 Å². The number of aliphatic hydroxyl groups is 1. The van der Waals surface area contributed by atoms with Crippen LogP contribution in [0.4, 0.5) is 0 Å². The highest BCUT2D eigenvalue weighted by molar-refractivity contribution is 5.85. The van der Waals surface area contributed by atoms with E-state index in [9.17, 15) is 0 Å². The van der Waals surface area contributed by atoms with Gasteiger partial charge in [0.15, 0.2) is 0 Å².